The van der Waals surface area contributed by atoms with Gasteiger partial charge in [0.05, 0.1) is 23.9 Å². The number of hydrogen-bond donors (Lipinski definition) is 2. The Morgan fingerprint density at radius 2 is 1.95 bits per heavy atom. The molecule has 2 N–H and O–H groups in total. The van der Waals surface area contributed by atoms with Crippen molar-refractivity contribution in [3.8, 4) is 0 Å². The molecule has 1 aliphatic carbocycles. The lowest BCUT2D eigenvalue weighted by Gasteiger charge is -2.38. The van der Waals surface area contributed by atoms with Crippen LogP contribution < -0.4 is 10.6 Å². The van der Waals surface area contributed by atoms with Crippen molar-refractivity contribution < 1.29 is 18.7 Å². The number of ether oxygens (including phenoxy) is 1. The van der Waals surface area contributed by atoms with Gasteiger partial charge in [-0.25, -0.2) is 4.39 Å². The SMILES string of the molecule is COC1=C[C@H](CC(=O)[C@@H]2N[C@H](CC(C)(C)C)[C@]3(C(=O)Nc4cc(Cl)ccc43)[C@H]2c2cccc(Cl)c2F)C1. The summed E-state index contributed by atoms with van der Waals surface area (Å²) in [6.45, 7) is 6.27. The molecule has 196 valence electrons. The number of carbonyl (C=O) groups is 2. The third-order valence-electron chi connectivity index (χ3n) is 7.90. The third-order valence-corrected chi connectivity index (χ3v) is 8.42. The number of benzene rings is 2. The highest BCUT2D eigenvalue weighted by molar-refractivity contribution is 6.31. The van der Waals surface area contributed by atoms with Crippen molar-refractivity contribution in [1.29, 1.82) is 0 Å². The summed E-state index contributed by atoms with van der Waals surface area (Å²) in [5.41, 5.74) is 0.152. The van der Waals surface area contributed by atoms with Gasteiger partial charge in [0.1, 0.15) is 11.2 Å². The van der Waals surface area contributed by atoms with Gasteiger partial charge in [-0.05, 0) is 53.2 Å². The van der Waals surface area contributed by atoms with Crippen LogP contribution >= 0.6 is 23.2 Å². The summed E-state index contributed by atoms with van der Waals surface area (Å²) in [6.07, 6.45) is 3.49. The minimum atomic E-state index is -1.23. The third kappa shape index (κ3) is 4.37. The maximum Gasteiger partial charge on any atom is 0.237 e. The largest absolute Gasteiger partial charge is 0.501 e. The van der Waals surface area contributed by atoms with Crippen molar-refractivity contribution in [2.24, 2.45) is 11.3 Å². The Labute approximate surface area is 226 Å². The zero-order valence-electron chi connectivity index (χ0n) is 21.3. The first-order valence-corrected chi connectivity index (χ1v) is 13.3. The van der Waals surface area contributed by atoms with Gasteiger partial charge in [0.15, 0.2) is 5.78 Å². The number of Topliss-reactive ketones (excluding diaryl/α,β-unsaturated/α-hetero) is 1. The average Bonchev–Trinajstić information content (AvgIpc) is 3.26. The minimum absolute atomic E-state index is 0.0421. The number of amides is 1. The molecule has 1 amide bonds. The van der Waals surface area contributed by atoms with Crippen molar-refractivity contribution in [2.45, 2.75) is 63.5 Å². The molecule has 0 saturated carbocycles. The quantitative estimate of drug-likeness (QED) is 0.442. The second-order valence-corrected chi connectivity index (χ2v) is 12.4. The van der Waals surface area contributed by atoms with E-state index in [-0.39, 0.29) is 40.0 Å². The highest BCUT2D eigenvalue weighted by Gasteiger charge is 2.66. The van der Waals surface area contributed by atoms with Gasteiger partial charge in [-0.1, -0.05) is 62.2 Å². The van der Waals surface area contributed by atoms with Gasteiger partial charge < -0.3 is 15.4 Å². The molecule has 2 aromatic rings. The van der Waals surface area contributed by atoms with Crippen molar-refractivity contribution in [3.63, 3.8) is 0 Å². The maximum absolute atomic E-state index is 15.7. The molecule has 0 radical (unpaired) electrons. The molecule has 2 aliphatic heterocycles. The van der Waals surface area contributed by atoms with Crippen LogP contribution in [-0.4, -0.2) is 30.9 Å². The number of methoxy groups -OCH3 is 1. The molecular formula is C29H31Cl2FN2O3. The normalized spacial score (nSPS) is 28.5. The Morgan fingerprint density at radius 3 is 2.62 bits per heavy atom. The van der Waals surface area contributed by atoms with E-state index in [0.29, 0.717) is 29.1 Å². The number of halogens is 3. The maximum atomic E-state index is 15.7. The van der Waals surface area contributed by atoms with Gasteiger partial charge in [0.2, 0.25) is 5.91 Å². The highest BCUT2D eigenvalue weighted by Crippen LogP contribution is 2.57. The van der Waals surface area contributed by atoms with E-state index in [1.54, 1.807) is 31.4 Å². The van der Waals surface area contributed by atoms with Crippen molar-refractivity contribution in [1.82, 2.24) is 5.32 Å². The van der Waals surface area contributed by atoms with Crippen LogP contribution in [0.1, 0.15) is 57.1 Å². The number of anilines is 1. The van der Waals surface area contributed by atoms with E-state index in [1.807, 2.05) is 12.1 Å². The standard InChI is InChI=1S/C29H31Cl2FN2O3/c1-28(2,3)14-23-29(19-9-8-16(30)13-21(19)33-27(29)36)24(18-6-5-7-20(31)25(18)32)26(34-23)22(35)12-15-10-17(11-15)37-4/h5-10,13,15,23-24,26,34H,11-12,14H2,1-4H3,(H,33,36)/t15-,23+,24-,26-,29-/m0/s1. The van der Waals surface area contributed by atoms with Crippen LogP contribution in [0.25, 0.3) is 0 Å². The number of rotatable bonds is 6. The summed E-state index contributed by atoms with van der Waals surface area (Å²) in [6, 6.07) is 8.85. The van der Waals surface area contributed by atoms with E-state index < -0.39 is 29.2 Å². The fraction of sp³-hybridized carbons (Fsp3) is 0.448. The lowest BCUT2D eigenvalue weighted by atomic mass is 9.62. The van der Waals surface area contributed by atoms with Gasteiger partial charge in [0.25, 0.3) is 0 Å². The summed E-state index contributed by atoms with van der Waals surface area (Å²) in [5.74, 6) is -0.833. The van der Waals surface area contributed by atoms with E-state index in [4.69, 9.17) is 27.9 Å². The first-order chi connectivity index (χ1) is 17.5. The molecule has 5 atom stereocenters. The van der Waals surface area contributed by atoms with E-state index in [1.165, 1.54) is 6.07 Å². The Hall–Kier alpha value is -2.41. The van der Waals surface area contributed by atoms with Crippen LogP contribution in [-0.2, 0) is 19.7 Å². The predicted molar refractivity (Wildman–Crippen MR) is 144 cm³/mol. The van der Waals surface area contributed by atoms with Gasteiger partial charge in [-0.2, -0.15) is 0 Å². The first kappa shape index (κ1) is 26.2. The molecule has 1 spiro atoms. The number of allylic oxidation sites excluding steroid dienone is 2. The predicted octanol–water partition coefficient (Wildman–Crippen LogP) is 6.39. The summed E-state index contributed by atoms with van der Waals surface area (Å²) >= 11 is 12.5. The molecule has 0 unspecified atom stereocenters. The van der Waals surface area contributed by atoms with Crippen LogP contribution in [0, 0.1) is 17.2 Å². The molecule has 5 rings (SSSR count). The summed E-state index contributed by atoms with van der Waals surface area (Å²) in [4.78, 5) is 28.0. The number of carbonyl (C=O) groups excluding carboxylic acids is 2. The van der Waals surface area contributed by atoms with Crippen LogP contribution in [0.2, 0.25) is 10.0 Å². The zero-order valence-corrected chi connectivity index (χ0v) is 22.8. The number of hydrogen-bond acceptors (Lipinski definition) is 4. The molecular weight excluding hydrogens is 514 g/mol. The minimum Gasteiger partial charge on any atom is -0.501 e. The number of fused-ring (bicyclic) bond motifs is 2. The topological polar surface area (TPSA) is 67.4 Å². The Bertz CT molecular complexity index is 1300. The lowest BCUT2D eigenvalue weighted by Crippen LogP contribution is -2.49. The van der Waals surface area contributed by atoms with Gasteiger partial charge >= 0.3 is 0 Å². The fourth-order valence-corrected chi connectivity index (χ4v) is 6.71. The second-order valence-electron chi connectivity index (χ2n) is 11.6. The number of nitrogens with one attached hydrogen (secondary N) is 2. The molecule has 2 heterocycles. The van der Waals surface area contributed by atoms with E-state index >= 15 is 4.39 Å². The summed E-state index contributed by atoms with van der Waals surface area (Å²) in [7, 11) is 1.61. The zero-order chi connectivity index (χ0) is 26.7. The second kappa shape index (κ2) is 9.40. The van der Waals surface area contributed by atoms with E-state index in [2.05, 4.69) is 31.4 Å². The lowest BCUT2D eigenvalue weighted by molar-refractivity contribution is -0.123. The Balaban J connectivity index is 1.69. The summed E-state index contributed by atoms with van der Waals surface area (Å²) in [5, 5.41) is 6.98. The Kier molecular flexibility index (Phi) is 6.66. The van der Waals surface area contributed by atoms with Gasteiger partial charge in [-0.3, -0.25) is 9.59 Å². The molecule has 37 heavy (non-hydrogen) atoms. The highest BCUT2D eigenvalue weighted by atomic mass is 35.5. The molecule has 2 aromatic carbocycles. The summed E-state index contributed by atoms with van der Waals surface area (Å²) < 4.78 is 21.0. The van der Waals surface area contributed by atoms with Crippen LogP contribution in [0.15, 0.2) is 48.2 Å². The van der Waals surface area contributed by atoms with Crippen LogP contribution in [0.3, 0.4) is 0 Å². The van der Waals surface area contributed by atoms with Crippen LogP contribution in [0.4, 0.5) is 10.1 Å². The molecule has 1 fully saturated rings. The molecule has 3 aliphatic rings. The smallest absolute Gasteiger partial charge is 0.237 e. The van der Waals surface area contributed by atoms with E-state index in [9.17, 15) is 9.59 Å². The monoisotopic (exact) mass is 544 g/mol. The van der Waals surface area contributed by atoms with Crippen LogP contribution in [0.5, 0.6) is 0 Å². The van der Waals surface area contributed by atoms with E-state index in [0.717, 1.165) is 5.76 Å². The molecule has 0 aromatic heterocycles. The number of ketones is 1. The Morgan fingerprint density at radius 1 is 1.22 bits per heavy atom. The van der Waals surface area contributed by atoms with Crippen molar-refractivity contribution >= 4 is 40.6 Å². The van der Waals surface area contributed by atoms with Crippen molar-refractivity contribution in [3.05, 3.63) is 75.2 Å². The molecule has 0 bridgehead atoms. The van der Waals surface area contributed by atoms with Gasteiger partial charge in [-0.15, -0.1) is 0 Å². The molecule has 5 nitrogen and oxygen atoms in total. The fourth-order valence-electron chi connectivity index (χ4n) is 6.36. The van der Waals surface area contributed by atoms with Gasteiger partial charge in [0, 0.05) is 35.5 Å². The molecule has 1 saturated heterocycles. The first-order valence-electron chi connectivity index (χ1n) is 12.5. The van der Waals surface area contributed by atoms with Crippen molar-refractivity contribution in [2.75, 3.05) is 12.4 Å². The molecule has 8 heteroatoms. The average molecular weight is 545 g/mol.